The molecule has 27 heavy (non-hydrogen) atoms. The number of anilines is 1. The number of carbonyl (C=O) groups is 2. The molecule has 0 bridgehead atoms. The van der Waals surface area contributed by atoms with Crippen LogP contribution < -0.4 is 15.5 Å². The van der Waals surface area contributed by atoms with E-state index < -0.39 is 11.9 Å². The Labute approximate surface area is 160 Å². The van der Waals surface area contributed by atoms with Gasteiger partial charge in [-0.25, -0.2) is 14.8 Å². The van der Waals surface area contributed by atoms with E-state index in [1.807, 2.05) is 13.8 Å². The first kappa shape index (κ1) is 19.3. The van der Waals surface area contributed by atoms with Crippen molar-refractivity contribution in [3.05, 3.63) is 23.7 Å². The smallest absolute Gasteiger partial charge is 0.326 e. The molecule has 1 aromatic rings. The van der Waals surface area contributed by atoms with Gasteiger partial charge in [0, 0.05) is 25.3 Å². The minimum Gasteiger partial charge on any atom is -0.341 e. The Kier molecular flexibility index (Phi) is 6.39. The number of urea groups is 1. The largest absolute Gasteiger partial charge is 0.341 e. The van der Waals surface area contributed by atoms with E-state index in [0.29, 0.717) is 17.7 Å². The molecule has 0 radical (unpaired) electrons. The van der Waals surface area contributed by atoms with E-state index in [0.717, 1.165) is 25.9 Å². The zero-order chi connectivity index (χ0) is 19.2. The predicted octanol–water partition coefficient (Wildman–Crippen LogP) is 1.75. The topological polar surface area (TPSA) is 90.5 Å². The first-order valence-corrected chi connectivity index (χ1v) is 9.85. The number of nitrogens with zero attached hydrogens (tertiary/aromatic N) is 4. The molecule has 0 spiro atoms. The SMILES string of the molecule is CC.O=C1NC(=O)/C(=C/c2ccnc(N3CCC(N4CCCC4)CC3)n2)N1. The van der Waals surface area contributed by atoms with Gasteiger partial charge >= 0.3 is 6.03 Å². The minimum atomic E-state index is -0.505. The van der Waals surface area contributed by atoms with Gasteiger partial charge in [-0.15, -0.1) is 0 Å². The zero-order valence-electron chi connectivity index (χ0n) is 16.1. The molecule has 0 unspecified atom stereocenters. The van der Waals surface area contributed by atoms with E-state index in [-0.39, 0.29) is 5.70 Å². The van der Waals surface area contributed by atoms with Crippen molar-refractivity contribution in [2.45, 2.75) is 45.6 Å². The number of piperidine rings is 1. The fourth-order valence-corrected chi connectivity index (χ4v) is 3.76. The highest BCUT2D eigenvalue weighted by molar-refractivity contribution is 6.13. The first-order chi connectivity index (χ1) is 13.2. The summed E-state index contributed by atoms with van der Waals surface area (Å²) in [6.07, 6.45) is 8.17. The number of hydrogen-bond acceptors (Lipinski definition) is 6. The van der Waals surface area contributed by atoms with Crippen molar-refractivity contribution in [2.24, 2.45) is 0 Å². The summed E-state index contributed by atoms with van der Waals surface area (Å²) in [7, 11) is 0. The number of rotatable bonds is 3. The average molecular weight is 372 g/mol. The number of imide groups is 1. The maximum Gasteiger partial charge on any atom is 0.326 e. The van der Waals surface area contributed by atoms with Crippen molar-refractivity contribution in [1.82, 2.24) is 25.5 Å². The molecule has 0 atom stereocenters. The van der Waals surface area contributed by atoms with Crippen LogP contribution in [0.5, 0.6) is 0 Å². The Bertz CT molecular complexity index is 706. The maximum atomic E-state index is 11.6. The maximum absolute atomic E-state index is 11.6. The fraction of sp³-hybridized carbons (Fsp3) is 0.579. The van der Waals surface area contributed by atoms with Crippen molar-refractivity contribution in [3.8, 4) is 0 Å². The van der Waals surface area contributed by atoms with E-state index in [9.17, 15) is 9.59 Å². The molecule has 3 amide bonds. The Morgan fingerprint density at radius 1 is 1.07 bits per heavy atom. The molecule has 0 aromatic carbocycles. The molecule has 4 rings (SSSR count). The van der Waals surface area contributed by atoms with Crippen LogP contribution in [0.1, 0.15) is 45.2 Å². The molecule has 3 fully saturated rings. The molecule has 3 saturated heterocycles. The summed E-state index contributed by atoms with van der Waals surface area (Å²) >= 11 is 0. The first-order valence-electron chi connectivity index (χ1n) is 9.85. The number of likely N-dealkylation sites (tertiary alicyclic amines) is 1. The van der Waals surface area contributed by atoms with Gasteiger partial charge in [0.25, 0.3) is 5.91 Å². The molecule has 0 saturated carbocycles. The second kappa shape index (κ2) is 8.94. The summed E-state index contributed by atoms with van der Waals surface area (Å²) in [6, 6.07) is 1.90. The summed E-state index contributed by atoms with van der Waals surface area (Å²) in [5.41, 5.74) is 0.821. The lowest BCUT2D eigenvalue weighted by molar-refractivity contribution is -0.115. The molecule has 4 heterocycles. The van der Waals surface area contributed by atoms with Crippen molar-refractivity contribution in [2.75, 3.05) is 31.1 Å². The lowest BCUT2D eigenvalue weighted by Gasteiger charge is -2.36. The third kappa shape index (κ3) is 4.63. The van der Waals surface area contributed by atoms with E-state index in [4.69, 9.17) is 0 Å². The minimum absolute atomic E-state index is 0.211. The normalized spacial score (nSPS) is 22.4. The monoisotopic (exact) mass is 372 g/mol. The second-order valence-electron chi connectivity index (χ2n) is 6.71. The quantitative estimate of drug-likeness (QED) is 0.621. The molecular formula is C19H28N6O2. The van der Waals surface area contributed by atoms with Gasteiger partial charge in [-0.2, -0.15) is 0 Å². The molecular weight excluding hydrogens is 344 g/mol. The molecule has 1 aromatic heterocycles. The van der Waals surface area contributed by atoms with E-state index in [1.165, 1.54) is 25.9 Å². The lowest BCUT2D eigenvalue weighted by Crippen LogP contribution is -2.44. The third-order valence-electron chi connectivity index (χ3n) is 5.08. The van der Waals surface area contributed by atoms with Crippen LogP contribution in [0.2, 0.25) is 0 Å². The van der Waals surface area contributed by atoms with E-state index in [1.54, 1.807) is 18.3 Å². The number of carbonyl (C=O) groups excluding carboxylic acids is 2. The van der Waals surface area contributed by atoms with Gasteiger partial charge in [-0.1, -0.05) is 13.8 Å². The van der Waals surface area contributed by atoms with Crippen LogP contribution >= 0.6 is 0 Å². The Hall–Kier alpha value is -2.48. The summed E-state index contributed by atoms with van der Waals surface area (Å²) in [5, 5.41) is 4.65. The summed E-state index contributed by atoms with van der Waals surface area (Å²) in [5.74, 6) is 0.246. The van der Waals surface area contributed by atoms with Crippen LogP contribution in [0.3, 0.4) is 0 Å². The fourth-order valence-electron chi connectivity index (χ4n) is 3.76. The van der Waals surface area contributed by atoms with Crippen molar-refractivity contribution >= 4 is 24.0 Å². The molecule has 3 aliphatic heterocycles. The molecule has 0 aliphatic carbocycles. The second-order valence-corrected chi connectivity index (χ2v) is 6.71. The molecule has 3 aliphatic rings. The zero-order valence-corrected chi connectivity index (χ0v) is 16.1. The molecule has 8 nitrogen and oxygen atoms in total. The molecule has 2 N–H and O–H groups in total. The van der Waals surface area contributed by atoms with Crippen LogP contribution in [0.25, 0.3) is 6.08 Å². The summed E-state index contributed by atoms with van der Waals surface area (Å²) < 4.78 is 0. The highest BCUT2D eigenvalue weighted by Crippen LogP contribution is 2.23. The van der Waals surface area contributed by atoms with Gasteiger partial charge in [0.05, 0.1) is 5.69 Å². The highest BCUT2D eigenvalue weighted by Gasteiger charge is 2.27. The summed E-state index contributed by atoms with van der Waals surface area (Å²) in [4.78, 5) is 36.5. The number of hydrogen-bond donors (Lipinski definition) is 2. The van der Waals surface area contributed by atoms with Crippen LogP contribution in [0.15, 0.2) is 18.0 Å². The molecule has 146 valence electrons. The lowest BCUT2D eigenvalue weighted by atomic mass is 10.0. The van der Waals surface area contributed by atoms with Crippen LogP contribution in [-0.2, 0) is 4.79 Å². The van der Waals surface area contributed by atoms with Crippen LogP contribution in [0, 0.1) is 0 Å². The van der Waals surface area contributed by atoms with E-state index >= 15 is 0 Å². The Morgan fingerprint density at radius 3 is 2.41 bits per heavy atom. The number of nitrogens with one attached hydrogen (secondary N) is 2. The van der Waals surface area contributed by atoms with Gasteiger partial charge in [0.2, 0.25) is 5.95 Å². The van der Waals surface area contributed by atoms with Gasteiger partial charge < -0.3 is 15.1 Å². The van der Waals surface area contributed by atoms with Crippen molar-refractivity contribution in [1.29, 1.82) is 0 Å². The van der Waals surface area contributed by atoms with Crippen LogP contribution in [-0.4, -0.2) is 59.0 Å². The van der Waals surface area contributed by atoms with Gasteiger partial charge in [-0.3, -0.25) is 10.1 Å². The van der Waals surface area contributed by atoms with Gasteiger partial charge in [0.1, 0.15) is 5.70 Å². The number of amides is 3. The van der Waals surface area contributed by atoms with Crippen LogP contribution in [0.4, 0.5) is 10.7 Å². The van der Waals surface area contributed by atoms with Crippen molar-refractivity contribution < 1.29 is 9.59 Å². The van der Waals surface area contributed by atoms with Gasteiger partial charge in [-0.05, 0) is 50.9 Å². The van der Waals surface area contributed by atoms with Gasteiger partial charge in [0.15, 0.2) is 0 Å². The Balaban J connectivity index is 0.00000102. The van der Waals surface area contributed by atoms with E-state index in [2.05, 4.69) is 30.4 Å². The third-order valence-corrected chi connectivity index (χ3v) is 5.08. The Morgan fingerprint density at radius 2 is 1.78 bits per heavy atom. The number of aromatic nitrogens is 2. The highest BCUT2D eigenvalue weighted by atomic mass is 16.2. The molecule has 8 heteroatoms. The standard InChI is InChI=1S/C17H22N6O2.C2H6/c24-15-14(20-17(25)21-15)11-12-3-6-18-16(19-12)23-9-4-13(5-10-23)22-7-1-2-8-22;1-2/h3,6,11,13H,1-2,4-5,7-10H2,(H2,20,21,24,25);1-2H3/b14-11-;. The predicted molar refractivity (Wildman–Crippen MR) is 104 cm³/mol. The average Bonchev–Trinajstić information content (AvgIpc) is 3.34. The van der Waals surface area contributed by atoms with Crippen molar-refractivity contribution in [3.63, 3.8) is 0 Å². The summed E-state index contributed by atoms with van der Waals surface area (Å²) in [6.45, 7) is 8.35.